The number of fused-ring (bicyclic) bond motifs is 1. The summed E-state index contributed by atoms with van der Waals surface area (Å²) in [5, 5.41) is 9.22. The van der Waals surface area contributed by atoms with Crippen molar-refractivity contribution in [2.24, 2.45) is 17.8 Å². The molecular formula is C16H19NO3. The number of carbonyl (C=O) groups is 2. The topological polar surface area (TPSA) is 57.6 Å². The molecular weight excluding hydrogens is 254 g/mol. The Kier molecular flexibility index (Phi) is 3.24. The van der Waals surface area contributed by atoms with Gasteiger partial charge in [0.05, 0.1) is 11.3 Å². The monoisotopic (exact) mass is 273 g/mol. The van der Waals surface area contributed by atoms with Gasteiger partial charge in [0.15, 0.2) is 0 Å². The van der Waals surface area contributed by atoms with Crippen molar-refractivity contribution in [1.29, 1.82) is 0 Å². The highest BCUT2D eigenvalue weighted by Gasteiger charge is 2.55. The molecule has 2 unspecified atom stereocenters. The zero-order valence-corrected chi connectivity index (χ0v) is 11.6. The molecule has 0 spiro atoms. The lowest BCUT2D eigenvalue weighted by Gasteiger charge is -2.19. The summed E-state index contributed by atoms with van der Waals surface area (Å²) in [6.45, 7) is 0. The number of rotatable bonds is 3. The molecule has 2 aliphatic carbocycles. The Morgan fingerprint density at radius 3 is 2.35 bits per heavy atom. The molecule has 0 heterocycles. The number of nitrogens with zero attached hydrogens (tertiary/aromatic N) is 1. The predicted octanol–water partition coefficient (Wildman–Crippen LogP) is 2.78. The third-order valence-electron chi connectivity index (χ3n) is 4.77. The highest BCUT2D eigenvalue weighted by atomic mass is 16.4. The molecule has 0 aliphatic heterocycles. The molecule has 1 aromatic rings. The van der Waals surface area contributed by atoms with Crippen LogP contribution in [-0.4, -0.2) is 24.0 Å². The van der Waals surface area contributed by atoms with Crippen LogP contribution in [0.5, 0.6) is 0 Å². The highest BCUT2D eigenvalue weighted by Crippen LogP contribution is 2.56. The molecule has 4 heteroatoms. The predicted molar refractivity (Wildman–Crippen MR) is 75.7 cm³/mol. The van der Waals surface area contributed by atoms with Crippen molar-refractivity contribution in [2.45, 2.75) is 25.7 Å². The van der Waals surface area contributed by atoms with E-state index in [4.69, 9.17) is 0 Å². The first-order chi connectivity index (χ1) is 9.61. The van der Waals surface area contributed by atoms with Gasteiger partial charge >= 0.3 is 5.97 Å². The summed E-state index contributed by atoms with van der Waals surface area (Å²) in [5.74, 6) is 0.278. The van der Waals surface area contributed by atoms with E-state index in [2.05, 4.69) is 0 Å². The smallest absolute Gasteiger partial charge is 0.337 e. The summed E-state index contributed by atoms with van der Waals surface area (Å²) < 4.78 is 0. The number of carboxylic acids is 1. The van der Waals surface area contributed by atoms with Crippen LogP contribution >= 0.6 is 0 Å². The second kappa shape index (κ2) is 4.93. The first-order valence-electron chi connectivity index (χ1n) is 7.21. The van der Waals surface area contributed by atoms with Gasteiger partial charge in [0, 0.05) is 13.0 Å². The Balaban J connectivity index is 1.81. The van der Waals surface area contributed by atoms with Crippen LogP contribution in [0.1, 0.15) is 36.0 Å². The Hall–Kier alpha value is -1.84. The Bertz CT molecular complexity index is 542. The molecule has 2 atom stereocenters. The van der Waals surface area contributed by atoms with Gasteiger partial charge in [-0.05, 0) is 36.8 Å². The zero-order chi connectivity index (χ0) is 14.3. The molecule has 2 saturated carbocycles. The van der Waals surface area contributed by atoms with E-state index < -0.39 is 5.97 Å². The average molecular weight is 273 g/mol. The van der Waals surface area contributed by atoms with Gasteiger partial charge in [-0.3, -0.25) is 4.79 Å². The number of aromatic carboxylic acids is 1. The van der Waals surface area contributed by atoms with E-state index in [-0.39, 0.29) is 17.4 Å². The molecule has 0 radical (unpaired) electrons. The largest absolute Gasteiger partial charge is 0.478 e. The van der Waals surface area contributed by atoms with E-state index in [9.17, 15) is 14.7 Å². The first-order valence-corrected chi connectivity index (χ1v) is 7.21. The second-order valence-electron chi connectivity index (χ2n) is 5.86. The van der Waals surface area contributed by atoms with Crippen molar-refractivity contribution >= 4 is 17.6 Å². The summed E-state index contributed by atoms with van der Waals surface area (Å²) >= 11 is 0. The van der Waals surface area contributed by atoms with Crippen molar-refractivity contribution < 1.29 is 14.7 Å². The maximum Gasteiger partial charge on any atom is 0.337 e. The van der Waals surface area contributed by atoms with Crippen molar-refractivity contribution in [3.63, 3.8) is 0 Å². The van der Waals surface area contributed by atoms with E-state index >= 15 is 0 Å². The molecule has 3 rings (SSSR count). The molecule has 1 amide bonds. The molecule has 0 aromatic heterocycles. The number of para-hydroxylation sites is 1. The molecule has 4 nitrogen and oxygen atoms in total. The fraction of sp³-hybridized carbons (Fsp3) is 0.500. The fourth-order valence-corrected chi connectivity index (χ4v) is 3.65. The minimum Gasteiger partial charge on any atom is -0.478 e. The van der Waals surface area contributed by atoms with Crippen LogP contribution < -0.4 is 4.90 Å². The normalized spacial score (nSPS) is 27.6. The summed E-state index contributed by atoms with van der Waals surface area (Å²) in [4.78, 5) is 25.4. The van der Waals surface area contributed by atoms with Gasteiger partial charge < -0.3 is 10.0 Å². The van der Waals surface area contributed by atoms with Gasteiger partial charge in [0.1, 0.15) is 0 Å². The van der Waals surface area contributed by atoms with Crippen LogP contribution in [0.2, 0.25) is 0 Å². The minimum atomic E-state index is -0.992. The average Bonchev–Trinajstić information content (AvgIpc) is 3.20. The molecule has 106 valence electrons. The molecule has 2 aliphatic rings. The van der Waals surface area contributed by atoms with E-state index in [1.54, 1.807) is 31.3 Å². The maximum atomic E-state index is 12.6. The lowest BCUT2D eigenvalue weighted by Crippen LogP contribution is -2.30. The van der Waals surface area contributed by atoms with Crippen LogP contribution in [0.25, 0.3) is 0 Å². The molecule has 20 heavy (non-hydrogen) atoms. The Morgan fingerprint density at radius 1 is 1.15 bits per heavy atom. The standard InChI is InChI=1S/C16H19NO3/c1-17(13-9-5-4-8-12(13)16(19)20)15(18)14-10-6-2-3-7-11(10)14/h4-5,8-11,14H,2-3,6-7H2,1H3,(H,19,20). The lowest BCUT2D eigenvalue weighted by molar-refractivity contribution is -0.120. The van der Waals surface area contributed by atoms with E-state index in [1.165, 1.54) is 17.7 Å². The lowest BCUT2D eigenvalue weighted by atomic mass is 10.0. The number of carboxylic acid groups (broad SMARTS) is 1. The molecule has 1 N–H and O–H groups in total. The summed E-state index contributed by atoms with van der Waals surface area (Å²) in [6.07, 6.45) is 4.74. The van der Waals surface area contributed by atoms with Crippen LogP contribution in [0.3, 0.4) is 0 Å². The molecule has 1 aromatic carbocycles. The van der Waals surface area contributed by atoms with Crippen LogP contribution in [0, 0.1) is 17.8 Å². The third kappa shape index (κ3) is 2.09. The minimum absolute atomic E-state index is 0.0793. The quantitative estimate of drug-likeness (QED) is 0.921. The van der Waals surface area contributed by atoms with Gasteiger partial charge in [-0.15, -0.1) is 0 Å². The Labute approximate surface area is 118 Å². The summed E-state index contributed by atoms with van der Waals surface area (Å²) in [5.41, 5.74) is 0.681. The first kappa shape index (κ1) is 13.2. The van der Waals surface area contributed by atoms with Crippen LogP contribution in [0.4, 0.5) is 5.69 Å². The van der Waals surface area contributed by atoms with E-state index in [0.29, 0.717) is 17.5 Å². The molecule has 0 bridgehead atoms. The highest BCUT2D eigenvalue weighted by molar-refractivity contribution is 6.03. The van der Waals surface area contributed by atoms with Gasteiger partial charge in [-0.2, -0.15) is 0 Å². The van der Waals surface area contributed by atoms with Crippen LogP contribution in [-0.2, 0) is 4.79 Å². The van der Waals surface area contributed by atoms with Gasteiger partial charge in [-0.1, -0.05) is 25.0 Å². The SMILES string of the molecule is CN(C(=O)C1C2CCCCC21)c1ccccc1C(=O)O. The third-order valence-corrected chi connectivity index (χ3v) is 4.77. The number of anilines is 1. The van der Waals surface area contributed by atoms with Gasteiger partial charge in [-0.25, -0.2) is 4.79 Å². The van der Waals surface area contributed by atoms with Crippen molar-refractivity contribution in [2.75, 3.05) is 11.9 Å². The number of amides is 1. The van der Waals surface area contributed by atoms with E-state index in [1.807, 2.05) is 0 Å². The van der Waals surface area contributed by atoms with Gasteiger partial charge in [0.2, 0.25) is 5.91 Å². The Morgan fingerprint density at radius 2 is 1.75 bits per heavy atom. The van der Waals surface area contributed by atoms with Crippen molar-refractivity contribution in [3.8, 4) is 0 Å². The number of hydrogen-bond donors (Lipinski definition) is 1. The molecule has 2 fully saturated rings. The van der Waals surface area contributed by atoms with E-state index in [0.717, 1.165) is 12.8 Å². The number of benzene rings is 1. The summed E-state index contributed by atoms with van der Waals surface area (Å²) in [6, 6.07) is 6.70. The summed E-state index contributed by atoms with van der Waals surface area (Å²) in [7, 11) is 1.69. The van der Waals surface area contributed by atoms with Crippen molar-refractivity contribution in [3.05, 3.63) is 29.8 Å². The second-order valence-corrected chi connectivity index (χ2v) is 5.86. The number of carbonyl (C=O) groups excluding carboxylic acids is 1. The molecule has 0 saturated heterocycles. The maximum absolute atomic E-state index is 12.6. The number of hydrogen-bond acceptors (Lipinski definition) is 2. The van der Waals surface area contributed by atoms with Crippen LogP contribution in [0.15, 0.2) is 24.3 Å². The fourth-order valence-electron chi connectivity index (χ4n) is 3.65. The zero-order valence-electron chi connectivity index (χ0n) is 11.6. The van der Waals surface area contributed by atoms with Gasteiger partial charge in [0.25, 0.3) is 0 Å². The van der Waals surface area contributed by atoms with Crippen molar-refractivity contribution in [1.82, 2.24) is 0 Å².